The predicted molar refractivity (Wildman–Crippen MR) is 104 cm³/mol. The van der Waals surface area contributed by atoms with Crippen LogP contribution >= 0.6 is 11.8 Å². The molecule has 0 spiro atoms. The lowest BCUT2D eigenvalue weighted by Crippen LogP contribution is -2.14. The van der Waals surface area contributed by atoms with Gasteiger partial charge in [-0.15, -0.1) is 10.2 Å². The van der Waals surface area contributed by atoms with Crippen LogP contribution in [0.2, 0.25) is 0 Å². The number of rotatable bonds is 5. The maximum Gasteiger partial charge on any atom is 0.346 e. The highest BCUT2D eigenvalue weighted by atomic mass is 32.2. The lowest BCUT2D eigenvalue weighted by atomic mass is 10.1. The minimum absolute atomic E-state index is 0.253. The van der Waals surface area contributed by atoms with Gasteiger partial charge in [-0.05, 0) is 13.8 Å². The van der Waals surface area contributed by atoms with Crippen LogP contribution in [0.5, 0.6) is 0 Å². The fraction of sp³-hybridized carbons (Fsp3) is 0.158. The van der Waals surface area contributed by atoms with Crippen LogP contribution < -0.4 is 5.69 Å². The Balaban J connectivity index is 1.61. The highest BCUT2D eigenvalue weighted by Crippen LogP contribution is 2.34. The second-order valence-corrected chi connectivity index (χ2v) is 7.04. The van der Waals surface area contributed by atoms with Crippen molar-refractivity contribution in [3.63, 3.8) is 0 Å². The molecule has 0 aliphatic rings. The number of aryl methyl sites for hydroxylation is 2. The van der Waals surface area contributed by atoms with E-state index in [1.165, 1.54) is 11.8 Å². The lowest BCUT2D eigenvalue weighted by molar-refractivity contribution is 0.399. The van der Waals surface area contributed by atoms with Gasteiger partial charge in [0, 0.05) is 11.3 Å². The third-order valence-corrected chi connectivity index (χ3v) is 5.08. The SMILES string of the molecule is Cc1[nH]c(=O)nc(SCc2nnc(-c3c(-c4ccccc4)noc3C)o2)c1C#N. The largest absolute Gasteiger partial charge is 0.420 e. The van der Waals surface area contributed by atoms with E-state index in [-0.39, 0.29) is 11.6 Å². The zero-order valence-corrected chi connectivity index (χ0v) is 16.3. The van der Waals surface area contributed by atoms with E-state index in [0.717, 1.165) is 5.56 Å². The molecule has 0 fully saturated rings. The summed E-state index contributed by atoms with van der Waals surface area (Å²) in [4.78, 5) is 18.0. The summed E-state index contributed by atoms with van der Waals surface area (Å²) in [5.74, 6) is 1.43. The standard InChI is InChI=1S/C19H14N6O3S/c1-10-13(8-20)18(22-19(26)21-10)29-9-14-23-24-17(27-14)15-11(2)28-25-16(15)12-6-4-3-5-7-12/h3-7H,9H2,1-2H3,(H,21,22,26). The normalized spacial score (nSPS) is 10.8. The molecule has 0 unspecified atom stereocenters. The van der Waals surface area contributed by atoms with Crippen molar-refractivity contribution >= 4 is 11.8 Å². The zero-order valence-electron chi connectivity index (χ0n) is 15.5. The van der Waals surface area contributed by atoms with Crippen molar-refractivity contribution in [1.29, 1.82) is 5.26 Å². The van der Waals surface area contributed by atoms with E-state index in [9.17, 15) is 10.1 Å². The van der Waals surface area contributed by atoms with Crippen molar-refractivity contribution in [1.82, 2.24) is 25.3 Å². The molecule has 0 radical (unpaired) electrons. The number of aromatic nitrogens is 5. The summed E-state index contributed by atoms with van der Waals surface area (Å²) in [5.41, 5.74) is 2.38. The van der Waals surface area contributed by atoms with Crippen LogP contribution in [0.15, 0.2) is 49.1 Å². The summed E-state index contributed by atoms with van der Waals surface area (Å²) >= 11 is 1.18. The molecule has 0 saturated heterocycles. The van der Waals surface area contributed by atoms with Crippen LogP contribution in [0, 0.1) is 25.2 Å². The molecule has 3 aromatic heterocycles. The van der Waals surface area contributed by atoms with Gasteiger partial charge in [-0.3, -0.25) is 0 Å². The van der Waals surface area contributed by atoms with Gasteiger partial charge in [0.2, 0.25) is 5.89 Å². The Morgan fingerprint density at radius 1 is 1.21 bits per heavy atom. The maximum atomic E-state index is 11.6. The molecule has 144 valence electrons. The van der Waals surface area contributed by atoms with E-state index in [4.69, 9.17) is 8.94 Å². The maximum absolute atomic E-state index is 11.6. The third kappa shape index (κ3) is 3.68. The highest BCUT2D eigenvalue weighted by molar-refractivity contribution is 7.98. The molecule has 4 aromatic rings. The monoisotopic (exact) mass is 406 g/mol. The van der Waals surface area contributed by atoms with Crippen LogP contribution in [0.3, 0.4) is 0 Å². The first-order chi connectivity index (χ1) is 14.1. The number of nitriles is 1. The number of aromatic amines is 1. The summed E-state index contributed by atoms with van der Waals surface area (Å²) in [6.07, 6.45) is 0. The Hall–Kier alpha value is -3.71. The molecule has 9 nitrogen and oxygen atoms in total. The number of hydrogen-bond acceptors (Lipinski definition) is 9. The molecule has 0 aliphatic carbocycles. The molecule has 1 aromatic carbocycles. The van der Waals surface area contributed by atoms with Crippen LogP contribution in [0.4, 0.5) is 0 Å². The first kappa shape index (κ1) is 18.6. The quantitative estimate of drug-likeness (QED) is 0.391. The Kier molecular flexibility index (Phi) is 4.97. The first-order valence-corrected chi connectivity index (χ1v) is 9.53. The smallest absolute Gasteiger partial charge is 0.346 e. The van der Waals surface area contributed by atoms with Crippen molar-refractivity contribution in [3.05, 3.63) is 63.7 Å². The van der Waals surface area contributed by atoms with Gasteiger partial charge < -0.3 is 13.9 Å². The number of thioether (sulfide) groups is 1. The lowest BCUT2D eigenvalue weighted by Gasteiger charge is -2.02. The summed E-state index contributed by atoms with van der Waals surface area (Å²) < 4.78 is 11.1. The summed E-state index contributed by atoms with van der Waals surface area (Å²) in [5, 5.41) is 21.9. The summed E-state index contributed by atoms with van der Waals surface area (Å²) in [6.45, 7) is 3.42. The molecule has 0 bridgehead atoms. The van der Waals surface area contributed by atoms with E-state index in [1.54, 1.807) is 13.8 Å². The van der Waals surface area contributed by atoms with Crippen LogP contribution in [-0.2, 0) is 5.75 Å². The van der Waals surface area contributed by atoms with E-state index >= 15 is 0 Å². The molecule has 0 aliphatic heterocycles. The van der Waals surface area contributed by atoms with Gasteiger partial charge in [0.25, 0.3) is 5.89 Å². The molecule has 0 amide bonds. The van der Waals surface area contributed by atoms with Gasteiger partial charge in [-0.1, -0.05) is 47.3 Å². The van der Waals surface area contributed by atoms with Gasteiger partial charge in [-0.2, -0.15) is 10.2 Å². The average molecular weight is 406 g/mol. The van der Waals surface area contributed by atoms with E-state index < -0.39 is 5.69 Å². The van der Waals surface area contributed by atoms with E-state index in [1.807, 2.05) is 36.4 Å². The molecule has 3 heterocycles. The molecular weight excluding hydrogens is 392 g/mol. The molecule has 29 heavy (non-hydrogen) atoms. The van der Waals surface area contributed by atoms with Crippen LogP contribution in [-0.4, -0.2) is 25.3 Å². The number of nitrogens with zero attached hydrogens (tertiary/aromatic N) is 5. The second-order valence-electron chi connectivity index (χ2n) is 6.08. The molecule has 4 rings (SSSR count). The van der Waals surface area contributed by atoms with Crippen molar-refractivity contribution < 1.29 is 8.94 Å². The summed E-state index contributed by atoms with van der Waals surface area (Å²) in [6, 6.07) is 11.6. The van der Waals surface area contributed by atoms with Crippen molar-refractivity contribution in [2.45, 2.75) is 24.6 Å². The molecule has 1 N–H and O–H groups in total. The van der Waals surface area contributed by atoms with Gasteiger partial charge in [-0.25, -0.2) is 4.79 Å². The number of H-pyrrole nitrogens is 1. The predicted octanol–water partition coefficient (Wildman–Crippen LogP) is 3.26. The van der Waals surface area contributed by atoms with Gasteiger partial charge in [0.05, 0.1) is 5.75 Å². The van der Waals surface area contributed by atoms with E-state index in [0.29, 0.717) is 39.2 Å². The van der Waals surface area contributed by atoms with Crippen LogP contribution in [0.25, 0.3) is 22.7 Å². The fourth-order valence-corrected chi connectivity index (χ4v) is 3.62. The first-order valence-electron chi connectivity index (χ1n) is 8.55. The Bertz CT molecular complexity index is 1270. The Morgan fingerprint density at radius 3 is 2.76 bits per heavy atom. The minimum Gasteiger partial charge on any atom is -0.420 e. The second kappa shape index (κ2) is 7.73. The third-order valence-electron chi connectivity index (χ3n) is 4.12. The van der Waals surface area contributed by atoms with Crippen LogP contribution in [0.1, 0.15) is 22.9 Å². The van der Waals surface area contributed by atoms with Crippen molar-refractivity contribution in [2.24, 2.45) is 0 Å². The number of hydrogen-bond donors (Lipinski definition) is 1. The molecule has 0 saturated carbocycles. The molecular formula is C19H14N6O3S. The van der Waals surface area contributed by atoms with Gasteiger partial charge in [0.1, 0.15) is 33.7 Å². The zero-order chi connectivity index (χ0) is 20.4. The van der Waals surface area contributed by atoms with Gasteiger partial charge >= 0.3 is 5.69 Å². The van der Waals surface area contributed by atoms with E-state index in [2.05, 4.69) is 25.3 Å². The fourth-order valence-electron chi connectivity index (χ4n) is 2.76. The average Bonchev–Trinajstić information content (AvgIpc) is 3.33. The summed E-state index contributed by atoms with van der Waals surface area (Å²) in [7, 11) is 0. The number of benzene rings is 1. The topological polar surface area (TPSA) is 134 Å². The Morgan fingerprint density at radius 2 is 2.00 bits per heavy atom. The highest BCUT2D eigenvalue weighted by Gasteiger charge is 2.22. The Labute approximate surface area is 168 Å². The van der Waals surface area contributed by atoms with Crippen molar-refractivity contribution in [3.8, 4) is 28.8 Å². The molecule has 0 atom stereocenters. The van der Waals surface area contributed by atoms with Crippen molar-refractivity contribution in [2.75, 3.05) is 0 Å². The van der Waals surface area contributed by atoms with Gasteiger partial charge in [0.15, 0.2) is 0 Å². The number of nitrogens with one attached hydrogen (secondary N) is 1. The minimum atomic E-state index is -0.511. The molecule has 10 heteroatoms.